The molecule has 0 unspecified atom stereocenters. The van der Waals surface area contributed by atoms with Crippen molar-refractivity contribution in [1.29, 1.82) is 0 Å². The average Bonchev–Trinajstić information content (AvgIpc) is 2.90. The van der Waals surface area contributed by atoms with Crippen LogP contribution in [0.2, 0.25) is 0 Å². The molecule has 186 valence electrons. The van der Waals surface area contributed by atoms with E-state index in [1.54, 1.807) is 37.6 Å². The SMILES string of the molecule is COc1ccccc1CC(=O)N1CCC(NC(=O)/C=C/c2ccc(Oc3cccnc3)c(F)c2)CC1. The van der Waals surface area contributed by atoms with Gasteiger partial charge in [0.1, 0.15) is 11.5 Å². The second-order valence-electron chi connectivity index (χ2n) is 8.47. The Morgan fingerprint density at radius 1 is 1.11 bits per heavy atom. The summed E-state index contributed by atoms with van der Waals surface area (Å²) in [5.41, 5.74) is 1.40. The van der Waals surface area contributed by atoms with Gasteiger partial charge in [0.2, 0.25) is 11.8 Å². The Morgan fingerprint density at radius 3 is 2.64 bits per heavy atom. The molecule has 7 nitrogen and oxygen atoms in total. The lowest BCUT2D eigenvalue weighted by atomic mass is 10.0. The van der Waals surface area contributed by atoms with Crippen molar-refractivity contribution in [1.82, 2.24) is 15.2 Å². The predicted molar refractivity (Wildman–Crippen MR) is 134 cm³/mol. The Bertz CT molecular complexity index is 1220. The van der Waals surface area contributed by atoms with E-state index in [-0.39, 0.29) is 30.0 Å². The summed E-state index contributed by atoms with van der Waals surface area (Å²) in [6, 6.07) is 15.4. The zero-order valence-corrected chi connectivity index (χ0v) is 20.0. The van der Waals surface area contributed by atoms with Crippen LogP contribution in [0.4, 0.5) is 4.39 Å². The normalized spacial score (nSPS) is 14.0. The van der Waals surface area contributed by atoms with Gasteiger partial charge in [-0.25, -0.2) is 4.39 Å². The number of nitrogens with one attached hydrogen (secondary N) is 1. The van der Waals surface area contributed by atoms with Crippen molar-refractivity contribution in [2.75, 3.05) is 20.2 Å². The smallest absolute Gasteiger partial charge is 0.244 e. The number of carbonyl (C=O) groups excluding carboxylic acids is 2. The maximum absolute atomic E-state index is 14.4. The molecular formula is C28H28FN3O4. The van der Waals surface area contributed by atoms with E-state index in [0.717, 1.165) is 5.56 Å². The number of nitrogens with zero attached hydrogens (tertiary/aromatic N) is 2. The molecule has 1 aliphatic rings. The number of carbonyl (C=O) groups is 2. The summed E-state index contributed by atoms with van der Waals surface area (Å²) in [5.74, 6) is 0.470. The Hall–Kier alpha value is -4.20. The summed E-state index contributed by atoms with van der Waals surface area (Å²) in [4.78, 5) is 30.8. The summed E-state index contributed by atoms with van der Waals surface area (Å²) in [7, 11) is 1.59. The van der Waals surface area contributed by atoms with Gasteiger partial charge in [0.25, 0.3) is 0 Å². The lowest BCUT2D eigenvalue weighted by Gasteiger charge is -2.32. The zero-order chi connectivity index (χ0) is 25.3. The first-order chi connectivity index (χ1) is 17.5. The van der Waals surface area contributed by atoms with Crippen LogP contribution in [0.5, 0.6) is 17.2 Å². The summed E-state index contributed by atoms with van der Waals surface area (Å²) < 4.78 is 25.2. The topological polar surface area (TPSA) is 80.8 Å². The van der Waals surface area contributed by atoms with Crippen LogP contribution in [0, 0.1) is 5.82 Å². The Balaban J connectivity index is 1.24. The number of halogens is 1. The van der Waals surface area contributed by atoms with E-state index in [9.17, 15) is 14.0 Å². The van der Waals surface area contributed by atoms with E-state index in [0.29, 0.717) is 43.0 Å². The molecule has 0 aliphatic carbocycles. The molecule has 1 aromatic heterocycles. The third-order valence-electron chi connectivity index (χ3n) is 5.97. The number of aromatic nitrogens is 1. The Morgan fingerprint density at radius 2 is 1.92 bits per heavy atom. The number of para-hydroxylation sites is 1. The number of hydrogen-bond acceptors (Lipinski definition) is 5. The van der Waals surface area contributed by atoms with Crippen LogP contribution < -0.4 is 14.8 Å². The van der Waals surface area contributed by atoms with Gasteiger partial charge in [-0.05, 0) is 54.8 Å². The minimum Gasteiger partial charge on any atom is -0.496 e. The highest BCUT2D eigenvalue weighted by atomic mass is 19.1. The molecule has 0 spiro atoms. The molecule has 8 heteroatoms. The molecule has 2 heterocycles. The minimum absolute atomic E-state index is 0.0237. The largest absolute Gasteiger partial charge is 0.496 e. The van der Waals surface area contributed by atoms with Gasteiger partial charge in [-0.2, -0.15) is 0 Å². The third kappa shape index (κ3) is 6.69. The molecule has 1 N–H and O–H groups in total. The number of piperidine rings is 1. The van der Waals surface area contributed by atoms with Crippen molar-refractivity contribution in [3.63, 3.8) is 0 Å². The third-order valence-corrected chi connectivity index (χ3v) is 5.97. The number of methoxy groups -OCH3 is 1. The number of likely N-dealkylation sites (tertiary alicyclic amines) is 1. The van der Waals surface area contributed by atoms with E-state index < -0.39 is 5.82 Å². The maximum atomic E-state index is 14.4. The monoisotopic (exact) mass is 489 g/mol. The number of amides is 2. The standard InChI is InChI=1S/C28H28FN3O4/c1-35-25-7-3-2-5-21(25)18-28(34)32-15-12-22(13-16-32)31-27(33)11-9-20-8-10-26(24(29)17-20)36-23-6-4-14-30-19-23/h2-11,14,17,19,22H,12-13,15-16,18H2,1H3,(H,31,33)/b11-9+. The average molecular weight is 490 g/mol. The van der Waals surface area contributed by atoms with Crippen molar-refractivity contribution in [3.8, 4) is 17.2 Å². The van der Waals surface area contributed by atoms with E-state index in [1.807, 2.05) is 29.2 Å². The fraction of sp³-hybridized carbons (Fsp3) is 0.250. The van der Waals surface area contributed by atoms with Gasteiger partial charge in [-0.15, -0.1) is 0 Å². The lowest BCUT2D eigenvalue weighted by Crippen LogP contribution is -2.46. The molecule has 4 rings (SSSR count). The molecule has 1 aliphatic heterocycles. The molecular weight excluding hydrogens is 461 g/mol. The summed E-state index contributed by atoms with van der Waals surface area (Å²) >= 11 is 0. The van der Waals surface area contributed by atoms with Crippen LogP contribution in [0.15, 0.2) is 73.1 Å². The number of pyridine rings is 1. The van der Waals surface area contributed by atoms with Crippen LogP contribution >= 0.6 is 0 Å². The van der Waals surface area contributed by atoms with Gasteiger partial charge in [-0.1, -0.05) is 24.3 Å². The quantitative estimate of drug-likeness (QED) is 0.475. The van der Waals surface area contributed by atoms with Crippen molar-refractivity contribution in [3.05, 3.63) is 90.0 Å². The van der Waals surface area contributed by atoms with Gasteiger partial charge in [0.05, 0.1) is 19.7 Å². The first-order valence-corrected chi connectivity index (χ1v) is 11.8. The highest BCUT2D eigenvalue weighted by molar-refractivity contribution is 5.92. The first-order valence-electron chi connectivity index (χ1n) is 11.8. The molecule has 0 bridgehead atoms. The number of benzene rings is 2. The Kier molecular flexibility index (Phi) is 8.28. The molecule has 0 radical (unpaired) electrons. The highest BCUT2D eigenvalue weighted by Crippen LogP contribution is 2.25. The number of ether oxygens (including phenoxy) is 2. The molecule has 1 saturated heterocycles. The predicted octanol–water partition coefficient (Wildman–Crippen LogP) is 4.38. The maximum Gasteiger partial charge on any atom is 0.244 e. The van der Waals surface area contributed by atoms with E-state index in [2.05, 4.69) is 10.3 Å². The van der Waals surface area contributed by atoms with Gasteiger partial charge in [0, 0.05) is 37.0 Å². The molecule has 2 amide bonds. The van der Waals surface area contributed by atoms with Crippen molar-refractivity contribution >= 4 is 17.9 Å². The lowest BCUT2D eigenvalue weighted by molar-refractivity contribution is -0.131. The molecule has 3 aromatic rings. The van der Waals surface area contributed by atoms with Gasteiger partial charge >= 0.3 is 0 Å². The first kappa shape index (κ1) is 24.9. The van der Waals surface area contributed by atoms with E-state index in [1.165, 1.54) is 24.4 Å². The van der Waals surface area contributed by atoms with Crippen LogP contribution in [-0.4, -0.2) is 47.9 Å². The van der Waals surface area contributed by atoms with Crippen molar-refractivity contribution in [2.24, 2.45) is 0 Å². The van der Waals surface area contributed by atoms with Gasteiger partial charge in [0.15, 0.2) is 11.6 Å². The summed E-state index contributed by atoms with van der Waals surface area (Å²) in [5, 5.41) is 2.97. The van der Waals surface area contributed by atoms with Gasteiger partial charge < -0.3 is 19.7 Å². The fourth-order valence-corrected chi connectivity index (χ4v) is 4.06. The molecule has 1 fully saturated rings. The van der Waals surface area contributed by atoms with Crippen LogP contribution in [0.3, 0.4) is 0 Å². The summed E-state index contributed by atoms with van der Waals surface area (Å²) in [6.45, 7) is 1.15. The molecule has 0 atom stereocenters. The number of hydrogen-bond donors (Lipinski definition) is 1. The number of rotatable bonds is 8. The van der Waals surface area contributed by atoms with Crippen molar-refractivity contribution < 1.29 is 23.5 Å². The second kappa shape index (κ2) is 12.0. The fourth-order valence-electron chi connectivity index (χ4n) is 4.06. The Labute approximate surface area is 209 Å². The van der Waals surface area contributed by atoms with Crippen LogP contribution in [0.25, 0.3) is 6.08 Å². The second-order valence-corrected chi connectivity index (χ2v) is 8.47. The van der Waals surface area contributed by atoms with Crippen molar-refractivity contribution in [2.45, 2.75) is 25.3 Å². The van der Waals surface area contributed by atoms with E-state index >= 15 is 0 Å². The molecule has 2 aromatic carbocycles. The molecule has 36 heavy (non-hydrogen) atoms. The highest BCUT2D eigenvalue weighted by Gasteiger charge is 2.24. The molecule has 0 saturated carbocycles. The summed E-state index contributed by atoms with van der Waals surface area (Å²) in [6.07, 6.45) is 7.67. The minimum atomic E-state index is -0.536. The van der Waals surface area contributed by atoms with Crippen LogP contribution in [0.1, 0.15) is 24.0 Å². The van der Waals surface area contributed by atoms with Gasteiger partial charge in [-0.3, -0.25) is 14.6 Å². The van der Waals surface area contributed by atoms with Crippen LogP contribution in [-0.2, 0) is 16.0 Å². The van der Waals surface area contributed by atoms with E-state index in [4.69, 9.17) is 9.47 Å². The zero-order valence-electron chi connectivity index (χ0n) is 20.0.